The fourth-order valence-corrected chi connectivity index (χ4v) is 2.73. The summed E-state index contributed by atoms with van der Waals surface area (Å²) in [5.74, 6) is 0.119. The number of para-hydroxylation sites is 1. The molecule has 6 nitrogen and oxygen atoms in total. The molecule has 0 unspecified atom stereocenters. The second-order valence-electron chi connectivity index (χ2n) is 6.29. The van der Waals surface area contributed by atoms with Crippen LogP contribution >= 0.6 is 0 Å². The van der Waals surface area contributed by atoms with Crippen molar-refractivity contribution in [1.82, 2.24) is 5.43 Å². The van der Waals surface area contributed by atoms with Gasteiger partial charge in [0.05, 0.1) is 13.3 Å². The summed E-state index contributed by atoms with van der Waals surface area (Å²) in [5, 5.41) is 6.80. The number of hydrogen-bond donors (Lipinski definition) is 2. The van der Waals surface area contributed by atoms with Crippen LogP contribution in [-0.4, -0.2) is 25.1 Å². The van der Waals surface area contributed by atoms with Crippen LogP contribution in [0, 0.1) is 6.92 Å². The van der Waals surface area contributed by atoms with E-state index >= 15 is 0 Å². The lowest BCUT2D eigenvalue weighted by molar-refractivity contribution is 0.0954. The quantitative estimate of drug-likeness (QED) is 0.495. The summed E-state index contributed by atoms with van der Waals surface area (Å²) in [6.07, 6.45) is 1.52. The minimum Gasteiger partial charge on any atom is -0.496 e. The van der Waals surface area contributed by atoms with E-state index < -0.39 is 0 Å². The Hall–Kier alpha value is -3.93. The number of anilines is 1. The second-order valence-corrected chi connectivity index (χ2v) is 6.29. The van der Waals surface area contributed by atoms with Gasteiger partial charge < -0.3 is 10.1 Å². The summed E-state index contributed by atoms with van der Waals surface area (Å²) in [5.41, 5.74) is 5.77. The summed E-state index contributed by atoms with van der Waals surface area (Å²) in [4.78, 5) is 24.6. The standard InChI is InChI=1S/C23H21N3O3/c1-16-7-3-5-9-20(16)23(28)25-19-13-11-17(12-14-19)22(27)26-24-15-18-8-4-6-10-21(18)29-2/h3-15H,1-2H3,(H,25,28)(H,26,27)/b24-15+. The summed E-state index contributed by atoms with van der Waals surface area (Å²) < 4.78 is 5.23. The molecule has 3 aromatic rings. The van der Waals surface area contributed by atoms with Gasteiger partial charge in [0, 0.05) is 22.4 Å². The van der Waals surface area contributed by atoms with Crippen LogP contribution in [-0.2, 0) is 0 Å². The Morgan fingerprint density at radius 1 is 0.897 bits per heavy atom. The highest BCUT2D eigenvalue weighted by Crippen LogP contribution is 2.15. The minimum absolute atomic E-state index is 0.193. The second kappa shape index (κ2) is 9.32. The molecule has 0 atom stereocenters. The average Bonchev–Trinajstić information content (AvgIpc) is 2.74. The maximum Gasteiger partial charge on any atom is 0.271 e. The van der Waals surface area contributed by atoms with Gasteiger partial charge in [-0.15, -0.1) is 0 Å². The number of nitrogens with one attached hydrogen (secondary N) is 2. The number of rotatable bonds is 6. The van der Waals surface area contributed by atoms with Crippen LogP contribution in [0.2, 0.25) is 0 Å². The van der Waals surface area contributed by atoms with E-state index in [9.17, 15) is 9.59 Å². The number of nitrogens with zero attached hydrogens (tertiary/aromatic N) is 1. The van der Waals surface area contributed by atoms with E-state index in [1.165, 1.54) is 6.21 Å². The predicted octanol–water partition coefficient (Wildman–Crippen LogP) is 4.02. The third-order valence-corrected chi connectivity index (χ3v) is 4.30. The fourth-order valence-electron chi connectivity index (χ4n) is 2.73. The van der Waals surface area contributed by atoms with Gasteiger partial charge in [-0.05, 0) is 55.0 Å². The molecule has 29 heavy (non-hydrogen) atoms. The van der Waals surface area contributed by atoms with Gasteiger partial charge in [-0.3, -0.25) is 9.59 Å². The number of amides is 2. The first-order chi connectivity index (χ1) is 14.1. The zero-order chi connectivity index (χ0) is 20.6. The Morgan fingerprint density at radius 3 is 2.31 bits per heavy atom. The van der Waals surface area contributed by atoms with Crippen molar-refractivity contribution in [2.75, 3.05) is 12.4 Å². The van der Waals surface area contributed by atoms with Crippen molar-refractivity contribution in [3.63, 3.8) is 0 Å². The third kappa shape index (κ3) is 5.07. The van der Waals surface area contributed by atoms with Crippen LogP contribution in [0.4, 0.5) is 5.69 Å². The molecule has 2 N–H and O–H groups in total. The Bertz CT molecular complexity index is 1040. The summed E-state index contributed by atoms with van der Waals surface area (Å²) in [7, 11) is 1.57. The summed E-state index contributed by atoms with van der Waals surface area (Å²) in [6.45, 7) is 1.88. The number of methoxy groups -OCH3 is 1. The zero-order valence-electron chi connectivity index (χ0n) is 16.2. The van der Waals surface area contributed by atoms with E-state index in [-0.39, 0.29) is 11.8 Å². The fraction of sp³-hybridized carbons (Fsp3) is 0.0870. The number of hydrazone groups is 1. The zero-order valence-corrected chi connectivity index (χ0v) is 16.2. The van der Waals surface area contributed by atoms with Crippen LogP contribution in [0.3, 0.4) is 0 Å². The van der Waals surface area contributed by atoms with E-state index in [4.69, 9.17) is 4.74 Å². The smallest absolute Gasteiger partial charge is 0.271 e. The molecule has 0 aromatic heterocycles. The van der Waals surface area contributed by atoms with Gasteiger partial charge in [0.15, 0.2) is 0 Å². The van der Waals surface area contributed by atoms with Crippen LogP contribution in [0.15, 0.2) is 77.9 Å². The molecule has 0 aliphatic carbocycles. The van der Waals surface area contributed by atoms with E-state index in [2.05, 4.69) is 15.8 Å². The van der Waals surface area contributed by atoms with Crippen molar-refractivity contribution < 1.29 is 14.3 Å². The van der Waals surface area contributed by atoms with Gasteiger partial charge in [-0.2, -0.15) is 5.10 Å². The average molecular weight is 387 g/mol. The molecule has 3 rings (SSSR count). The molecule has 0 bridgehead atoms. The molecule has 6 heteroatoms. The monoisotopic (exact) mass is 387 g/mol. The van der Waals surface area contributed by atoms with Crippen LogP contribution < -0.4 is 15.5 Å². The predicted molar refractivity (Wildman–Crippen MR) is 114 cm³/mol. The molecule has 3 aromatic carbocycles. The van der Waals surface area contributed by atoms with Crippen LogP contribution in [0.25, 0.3) is 0 Å². The minimum atomic E-state index is -0.354. The molecule has 0 aliphatic rings. The van der Waals surface area contributed by atoms with Crippen molar-refractivity contribution in [2.45, 2.75) is 6.92 Å². The molecule has 2 amide bonds. The first-order valence-electron chi connectivity index (χ1n) is 9.02. The van der Waals surface area contributed by atoms with Gasteiger partial charge in [0.25, 0.3) is 11.8 Å². The molecule has 0 fully saturated rings. The summed E-state index contributed by atoms with van der Waals surface area (Å²) in [6, 6.07) is 21.3. The van der Waals surface area contributed by atoms with Crippen molar-refractivity contribution in [2.24, 2.45) is 5.10 Å². The lowest BCUT2D eigenvalue weighted by Crippen LogP contribution is -2.18. The highest BCUT2D eigenvalue weighted by atomic mass is 16.5. The normalized spacial score (nSPS) is 10.6. The number of benzene rings is 3. The van der Waals surface area contributed by atoms with E-state index in [1.54, 1.807) is 37.4 Å². The van der Waals surface area contributed by atoms with E-state index in [0.717, 1.165) is 11.1 Å². The SMILES string of the molecule is COc1ccccc1/C=N/NC(=O)c1ccc(NC(=O)c2ccccc2C)cc1. The van der Waals surface area contributed by atoms with Gasteiger partial charge in [0.2, 0.25) is 0 Å². The Labute approximate surface area is 169 Å². The topological polar surface area (TPSA) is 79.8 Å². The molecule has 0 spiro atoms. The van der Waals surface area contributed by atoms with Crippen molar-refractivity contribution in [3.05, 3.63) is 95.1 Å². The van der Waals surface area contributed by atoms with Gasteiger partial charge >= 0.3 is 0 Å². The van der Waals surface area contributed by atoms with E-state index in [0.29, 0.717) is 22.6 Å². The van der Waals surface area contributed by atoms with Gasteiger partial charge in [0.1, 0.15) is 5.75 Å². The lowest BCUT2D eigenvalue weighted by atomic mass is 10.1. The maximum atomic E-state index is 12.4. The van der Waals surface area contributed by atoms with E-state index in [1.807, 2.05) is 49.4 Å². The number of hydrogen-bond acceptors (Lipinski definition) is 4. The maximum absolute atomic E-state index is 12.4. The molecule has 0 radical (unpaired) electrons. The number of aryl methyl sites for hydroxylation is 1. The first-order valence-corrected chi connectivity index (χ1v) is 9.02. The van der Waals surface area contributed by atoms with Crippen molar-refractivity contribution >= 4 is 23.7 Å². The molecule has 0 heterocycles. The Morgan fingerprint density at radius 2 is 1.59 bits per heavy atom. The number of ether oxygens (including phenoxy) is 1. The first kappa shape index (κ1) is 19.8. The molecular formula is C23H21N3O3. The molecule has 0 aliphatic heterocycles. The number of carbonyl (C=O) groups excluding carboxylic acids is 2. The van der Waals surface area contributed by atoms with Gasteiger partial charge in [-0.25, -0.2) is 5.43 Å². The van der Waals surface area contributed by atoms with Gasteiger partial charge in [-0.1, -0.05) is 30.3 Å². The number of carbonyl (C=O) groups is 2. The van der Waals surface area contributed by atoms with Crippen LogP contribution in [0.1, 0.15) is 31.8 Å². The summed E-state index contributed by atoms with van der Waals surface area (Å²) >= 11 is 0. The van der Waals surface area contributed by atoms with Crippen LogP contribution in [0.5, 0.6) is 5.75 Å². The molecule has 0 saturated heterocycles. The lowest BCUT2D eigenvalue weighted by Gasteiger charge is -2.08. The largest absolute Gasteiger partial charge is 0.496 e. The third-order valence-electron chi connectivity index (χ3n) is 4.30. The Balaban J connectivity index is 1.61. The molecule has 0 saturated carbocycles. The highest BCUT2D eigenvalue weighted by Gasteiger charge is 2.09. The van der Waals surface area contributed by atoms with Crippen molar-refractivity contribution in [3.8, 4) is 5.75 Å². The molecular weight excluding hydrogens is 366 g/mol. The van der Waals surface area contributed by atoms with Crippen molar-refractivity contribution in [1.29, 1.82) is 0 Å². The Kier molecular flexibility index (Phi) is 6.37. The molecule has 146 valence electrons. The highest BCUT2D eigenvalue weighted by molar-refractivity contribution is 6.05.